The summed E-state index contributed by atoms with van der Waals surface area (Å²) < 4.78 is 12.6. The van der Waals surface area contributed by atoms with Crippen LogP contribution < -0.4 is 0 Å². The largest absolute Gasteiger partial charge is 0.378 e. The Kier molecular flexibility index (Phi) is 5.42. The maximum atomic E-state index is 12.4. The molecule has 1 rings (SSSR count). The van der Waals surface area contributed by atoms with Gasteiger partial charge in [-0.2, -0.15) is 0 Å². The fourth-order valence-electron chi connectivity index (χ4n) is 1.64. The fraction of sp³-hybridized carbons (Fsp3) is 0.909. The summed E-state index contributed by atoms with van der Waals surface area (Å²) in [5.41, 5.74) is 0. The molecule has 0 N–H and O–H groups in total. The van der Waals surface area contributed by atoms with Crippen molar-refractivity contribution in [3.05, 3.63) is 0 Å². The van der Waals surface area contributed by atoms with Gasteiger partial charge in [0.2, 0.25) is 0 Å². The number of nitrogens with zero attached hydrogens (tertiary/aromatic N) is 2. The van der Waals surface area contributed by atoms with Crippen molar-refractivity contribution in [2.24, 2.45) is 0 Å². The Morgan fingerprint density at radius 1 is 1.35 bits per heavy atom. The van der Waals surface area contributed by atoms with Crippen LogP contribution in [0.5, 0.6) is 0 Å². The van der Waals surface area contributed by atoms with Gasteiger partial charge >= 0.3 is 6.03 Å². The van der Waals surface area contributed by atoms with E-state index in [0.717, 1.165) is 0 Å². The second-order valence-corrected chi connectivity index (χ2v) is 9.98. The molecule has 0 aromatic rings. The summed E-state index contributed by atoms with van der Waals surface area (Å²) in [4.78, 5) is 14.3. The second-order valence-electron chi connectivity index (χ2n) is 5.10. The van der Waals surface area contributed by atoms with Crippen molar-refractivity contribution >= 4 is 14.3 Å². The number of ether oxygens (including phenoxy) is 2. The zero-order chi connectivity index (χ0) is 12.9. The van der Waals surface area contributed by atoms with E-state index in [1.807, 2.05) is 16.4 Å². The number of hydrogen-bond acceptors (Lipinski definition) is 3. The molecule has 1 fully saturated rings. The highest BCUT2D eigenvalue weighted by atomic mass is 28.3. The van der Waals surface area contributed by atoms with Crippen LogP contribution in [0.2, 0.25) is 19.6 Å². The molecule has 5 nitrogen and oxygen atoms in total. The van der Waals surface area contributed by atoms with Gasteiger partial charge in [-0.1, -0.05) is 19.6 Å². The van der Waals surface area contributed by atoms with Gasteiger partial charge in [0.15, 0.2) is 8.24 Å². The number of amides is 2. The summed E-state index contributed by atoms with van der Waals surface area (Å²) in [5.74, 6) is 0. The van der Waals surface area contributed by atoms with E-state index in [-0.39, 0.29) is 6.03 Å². The van der Waals surface area contributed by atoms with Crippen LogP contribution in [0.3, 0.4) is 0 Å². The number of carbonyl (C=O) groups excluding carboxylic acids is 1. The molecule has 0 bridgehead atoms. The van der Waals surface area contributed by atoms with E-state index < -0.39 is 8.24 Å². The van der Waals surface area contributed by atoms with Crippen LogP contribution in [0.4, 0.5) is 4.79 Å². The van der Waals surface area contributed by atoms with E-state index in [0.29, 0.717) is 39.6 Å². The Morgan fingerprint density at radius 3 is 2.41 bits per heavy atom. The predicted octanol–water partition coefficient (Wildman–Crippen LogP) is 1.57. The fourth-order valence-corrected chi connectivity index (χ4v) is 2.84. The molecule has 0 spiro atoms. The van der Waals surface area contributed by atoms with E-state index in [9.17, 15) is 4.79 Å². The Labute approximate surface area is 105 Å². The molecule has 2 amide bonds. The third kappa shape index (κ3) is 4.29. The van der Waals surface area contributed by atoms with Crippen molar-refractivity contribution < 1.29 is 14.3 Å². The molecule has 0 saturated carbocycles. The smallest absolute Gasteiger partial charge is 0.313 e. The highest BCUT2D eigenvalue weighted by Gasteiger charge is 2.32. The number of urea groups is 1. The van der Waals surface area contributed by atoms with E-state index in [2.05, 4.69) is 19.6 Å². The molecule has 1 aliphatic heterocycles. The summed E-state index contributed by atoms with van der Waals surface area (Å²) in [6.07, 6.45) is 0. The van der Waals surface area contributed by atoms with Crippen molar-refractivity contribution in [3.8, 4) is 0 Å². The number of hydrogen-bond donors (Lipinski definition) is 0. The quantitative estimate of drug-likeness (QED) is 0.569. The average molecular weight is 260 g/mol. The van der Waals surface area contributed by atoms with Crippen molar-refractivity contribution in [2.75, 3.05) is 39.6 Å². The standard InChI is InChI=1S/C11H24N2O3Si/c1-5-15-10-13(17(2,3)4)11(14)12-6-8-16-9-7-12/h5-10H2,1-4H3. The van der Waals surface area contributed by atoms with Crippen molar-refractivity contribution in [3.63, 3.8) is 0 Å². The van der Waals surface area contributed by atoms with Gasteiger partial charge < -0.3 is 18.9 Å². The average Bonchev–Trinajstić information content (AvgIpc) is 2.29. The molecule has 1 saturated heterocycles. The maximum Gasteiger partial charge on any atom is 0.313 e. The Balaban J connectivity index is 2.64. The zero-order valence-corrected chi connectivity index (χ0v) is 12.4. The molecule has 6 heteroatoms. The molecule has 0 aliphatic carbocycles. The molecular formula is C11H24N2O3Si. The highest BCUT2D eigenvalue weighted by Crippen LogP contribution is 2.13. The lowest BCUT2D eigenvalue weighted by molar-refractivity contribution is 0.0336. The molecule has 1 heterocycles. The first-order chi connectivity index (χ1) is 7.96. The molecule has 17 heavy (non-hydrogen) atoms. The molecular weight excluding hydrogens is 236 g/mol. The summed E-state index contributed by atoms with van der Waals surface area (Å²) in [5, 5.41) is 0. The molecule has 100 valence electrons. The Morgan fingerprint density at radius 2 is 1.94 bits per heavy atom. The van der Waals surface area contributed by atoms with Crippen LogP contribution in [0.25, 0.3) is 0 Å². The van der Waals surface area contributed by atoms with Crippen molar-refractivity contribution in [1.29, 1.82) is 0 Å². The SMILES string of the molecule is CCOCN(C(=O)N1CCOCC1)[Si](C)(C)C. The molecule has 0 aromatic heterocycles. The third-order valence-corrected chi connectivity index (χ3v) is 4.69. The van der Waals surface area contributed by atoms with Crippen molar-refractivity contribution in [2.45, 2.75) is 26.6 Å². The Hall–Kier alpha value is -0.593. The van der Waals surface area contributed by atoms with E-state index >= 15 is 0 Å². The van der Waals surface area contributed by atoms with E-state index in [1.54, 1.807) is 0 Å². The molecule has 0 unspecified atom stereocenters. The molecule has 0 atom stereocenters. The van der Waals surface area contributed by atoms with Crippen LogP contribution in [-0.4, -0.2) is 63.4 Å². The minimum absolute atomic E-state index is 0.0981. The summed E-state index contributed by atoms with van der Waals surface area (Å²) in [7, 11) is -1.69. The van der Waals surface area contributed by atoms with Gasteiger partial charge in [-0.3, -0.25) is 0 Å². The number of rotatable bonds is 4. The third-order valence-electron chi connectivity index (χ3n) is 2.75. The van der Waals surface area contributed by atoms with Gasteiger partial charge in [0.05, 0.1) is 13.2 Å². The first-order valence-electron chi connectivity index (χ1n) is 6.19. The first kappa shape index (κ1) is 14.5. The van der Waals surface area contributed by atoms with Crippen LogP contribution in [0, 0.1) is 0 Å². The van der Waals surface area contributed by atoms with E-state index in [1.165, 1.54) is 0 Å². The van der Waals surface area contributed by atoms with Gasteiger partial charge in [0.1, 0.15) is 6.73 Å². The van der Waals surface area contributed by atoms with Gasteiger partial charge in [0.25, 0.3) is 0 Å². The summed E-state index contributed by atoms with van der Waals surface area (Å²) in [6.45, 7) is 12.1. The zero-order valence-electron chi connectivity index (χ0n) is 11.4. The second kappa shape index (κ2) is 6.37. The first-order valence-corrected chi connectivity index (χ1v) is 9.63. The number of carbonyl (C=O) groups is 1. The van der Waals surface area contributed by atoms with Crippen molar-refractivity contribution in [1.82, 2.24) is 9.47 Å². The minimum Gasteiger partial charge on any atom is -0.378 e. The Bertz CT molecular complexity index is 250. The highest BCUT2D eigenvalue weighted by molar-refractivity contribution is 6.75. The van der Waals surface area contributed by atoms with Crippen LogP contribution in [-0.2, 0) is 9.47 Å². The van der Waals surface area contributed by atoms with Crippen LogP contribution >= 0.6 is 0 Å². The van der Waals surface area contributed by atoms with Crippen LogP contribution in [0.1, 0.15) is 6.92 Å². The summed E-state index contributed by atoms with van der Waals surface area (Å²) >= 11 is 0. The maximum absolute atomic E-state index is 12.4. The monoisotopic (exact) mass is 260 g/mol. The lowest BCUT2D eigenvalue weighted by Gasteiger charge is -2.39. The number of morpholine rings is 1. The minimum atomic E-state index is -1.69. The lowest BCUT2D eigenvalue weighted by Crippen LogP contribution is -2.57. The van der Waals surface area contributed by atoms with E-state index in [4.69, 9.17) is 9.47 Å². The van der Waals surface area contributed by atoms with Gasteiger partial charge in [-0.25, -0.2) is 4.79 Å². The van der Waals surface area contributed by atoms with Gasteiger partial charge in [-0.15, -0.1) is 0 Å². The topological polar surface area (TPSA) is 42.0 Å². The van der Waals surface area contributed by atoms with Gasteiger partial charge in [-0.05, 0) is 6.92 Å². The molecule has 0 aromatic carbocycles. The van der Waals surface area contributed by atoms with Gasteiger partial charge in [0, 0.05) is 19.7 Å². The molecule has 0 radical (unpaired) electrons. The summed E-state index contributed by atoms with van der Waals surface area (Å²) in [6, 6.07) is 0.0981. The normalized spacial score (nSPS) is 17.1. The predicted molar refractivity (Wildman–Crippen MR) is 69.5 cm³/mol. The molecule has 1 aliphatic rings. The lowest BCUT2D eigenvalue weighted by atomic mass is 10.4. The van der Waals surface area contributed by atoms with Crippen LogP contribution in [0.15, 0.2) is 0 Å².